The second-order valence-electron chi connectivity index (χ2n) is 12.5. The van der Waals surface area contributed by atoms with Gasteiger partial charge in [0.15, 0.2) is 6.33 Å². The van der Waals surface area contributed by atoms with Crippen LogP contribution in [0.4, 0.5) is 0 Å². The molecule has 0 saturated heterocycles. The Morgan fingerprint density at radius 2 is 1.89 bits per heavy atom. The largest absolute Gasteiger partial charge is 0.392 e. The molecule has 0 aliphatic heterocycles. The summed E-state index contributed by atoms with van der Waals surface area (Å²) < 4.78 is 0. The van der Waals surface area contributed by atoms with Crippen LogP contribution < -0.4 is 0 Å². The van der Waals surface area contributed by atoms with Crippen LogP contribution >= 0.6 is 0 Å². The smallest absolute Gasteiger partial charge is 0.162 e. The highest BCUT2D eigenvalue weighted by molar-refractivity contribution is 5.25. The number of nitrogens with zero attached hydrogens (tertiary/aromatic N) is 4. The van der Waals surface area contributed by atoms with E-state index in [-0.39, 0.29) is 5.92 Å². The molecule has 0 spiro atoms. The van der Waals surface area contributed by atoms with Crippen LogP contribution in [0.3, 0.4) is 0 Å². The first-order chi connectivity index (χ1) is 17.2. The maximum Gasteiger partial charge on any atom is 0.162 e. The van der Waals surface area contributed by atoms with Gasteiger partial charge in [-0.3, -0.25) is 0 Å². The van der Waals surface area contributed by atoms with Crippen molar-refractivity contribution >= 4 is 0 Å². The molecule has 4 rings (SSSR count). The van der Waals surface area contributed by atoms with Crippen molar-refractivity contribution in [2.45, 2.75) is 122 Å². The molecule has 7 nitrogen and oxygen atoms in total. The van der Waals surface area contributed by atoms with Crippen molar-refractivity contribution in [1.29, 1.82) is 0 Å². The Balaban J connectivity index is 1.29. The van der Waals surface area contributed by atoms with Crippen molar-refractivity contribution in [3.8, 4) is 0 Å². The predicted molar refractivity (Wildman–Crippen MR) is 141 cm³/mol. The van der Waals surface area contributed by atoms with Gasteiger partial charge >= 0.3 is 0 Å². The van der Waals surface area contributed by atoms with Gasteiger partial charge in [0.1, 0.15) is 0 Å². The number of hydrogen-bond acceptors (Lipinski definition) is 6. The second kappa shape index (κ2) is 12.3. The summed E-state index contributed by atoms with van der Waals surface area (Å²) in [5.74, 6) is 2.94. The van der Waals surface area contributed by atoms with E-state index in [0.29, 0.717) is 25.3 Å². The zero-order chi connectivity index (χ0) is 25.7. The third-order valence-electron chi connectivity index (χ3n) is 9.29. The van der Waals surface area contributed by atoms with E-state index in [1.807, 2.05) is 13.8 Å². The van der Waals surface area contributed by atoms with E-state index in [1.165, 1.54) is 50.4 Å². The standard InChI is InChI=1S/C29H48N4O3/c1-20(7-5-15-29(2,3)36)23-13-14-24-22(8-4-9-25(23)24)12-11-21-17-27(34)26(28(35)18-21)10-6-16-33-31-19-30-32-33/h11-12,19-20,23-28,34-36H,4-10,13-18H2,1-3H3/b21-11?,22-12+/t20?,23-,24-,25+,26?,27+,28+/m0/s1. The highest BCUT2D eigenvalue weighted by Gasteiger charge is 2.41. The van der Waals surface area contributed by atoms with Gasteiger partial charge in [0.2, 0.25) is 0 Å². The van der Waals surface area contributed by atoms with Crippen LogP contribution in [0.15, 0.2) is 29.6 Å². The van der Waals surface area contributed by atoms with Gasteiger partial charge in [0.05, 0.1) is 24.4 Å². The molecule has 0 bridgehead atoms. The molecule has 1 aromatic rings. The predicted octanol–water partition coefficient (Wildman–Crippen LogP) is 4.84. The topological polar surface area (TPSA) is 104 Å². The molecule has 3 N–H and O–H groups in total. The summed E-state index contributed by atoms with van der Waals surface area (Å²) in [6, 6.07) is 0. The van der Waals surface area contributed by atoms with E-state index in [4.69, 9.17) is 0 Å². The van der Waals surface area contributed by atoms with Crippen LogP contribution in [0.2, 0.25) is 0 Å². The minimum Gasteiger partial charge on any atom is -0.392 e. The van der Waals surface area contributed by atoms with Crippen LogP contribution in [0.1, 0.15) is 97.8 Å². The first-order valence-corrected chi connectivity index (χ1v) is 14.4. The van der Waals surface area contributed by atoms with Gasteiger partial charge in [-0.05, 0) is 107 Å². The fraction of sp³-hybridized carbons (Fsp3) is 0.828. The number of aliphatic hydroxyl groups excluding tert-OH is 2. The number of rotatable bonds is 10. The SMILES string of the molecule is CC(CCCC(C)(C)O)[C@@H]1CC[C@H]2/C(=C/C=C3C[C@@H](O)C(CCCn4ncnn4)[C@H](O)C3)CCC[C@@H]21. The number of hydrogen-bond donors (Lipinski definition) is 3. The van der Waals surface area contributed by atoms with E-state index in [0.717, 1.165) is 43.4 Å². The summed E-state index contributed by atoms with van der Waals surface area (Å²) in [7, 11) is 0. The lowest BCUT2D eigenvalue weighted by atomic mass is 9.71. The molecule has 202 valence electrons. The molecule has 1 unspecified atom stereocenters. The lowest BCUT2D eigenvalue weighted by molar-refractivity contribution is -0.0109. The molecule has 0 radical (unpaired) electrons. The van der Waals surface area contributed by atoms with Crippen molar-refractivity contribution in [3.05, 3.63) is 29.6 Å². The van der Waals surface area contributed by atoms with E-state index < -0.39 is 17.8 Å². The third kappa shape index (κ3) is 7.26. The van der Waals surface area contributed by atoms with Crippen molar-refractivity contribution in [2.75, 3.05) is 0 Å². The second-order valence-corrected chi connectivity index (χ2v) is 12.5. The molecule has 1 heterocycles. The Morgan fingerprint density at radius 1 is 1.11 bits per heavy atom. The summed E-state index contributed by atoms with van der Waals surface area (Å²) in [5, 5.41) is 43.2. The van der Waals surface area contributed by atoms with Gasteiger partial charge in [0, 0.05) is 5.92 Å². The normalized spacial score (nSPS) is 33.1. The number of aromatic nitrogens is 4. The average molecular weight is 501 g/mol. The van der Waals surface area contributed by atoms with Gasteiger partial charge in [-0.1, -0.05) is 43.1 Å². The van der Waals surface area contributed by atoms with Crippen LogP contribution in [0, 0.1) is 29.6 Å². The monoisotopic (exact) mass is 500 g/mol. The molecule has 3 aliphatic rings. The van der Waals surface area contributed by atoms with Crippen molar-refractivity contribution < 1.29 is 15.3 Å². The lowest BCUT2D eigenvalue weighted by Crippen LogP contribution is -2.37. The van der Waals surface area contributed by atoms with Gasteiger partial charge in [-0.25, -0.2) is 0 Å². The minimum absolute atomic E-state index is 0.0918. The highest BCUT2D eigenvalue weighted by Crippen LogP contribution is 2.51. The first kappa shape index (κ1) is 27.5. The Labute approximate surface area is 217 Å². The number of aryl methyl sites for hydroxylation is 1. The molecule has 3 aliphatic carbocycles. The molecule has 1 aromatic heterocycles. The minimum atomic E-state index is -0.554. The van der Waals surface area contributed by atoms with E-state index >= 15 is 0 Å². The third-order valence-corrected chi connectivity index (χ3v) is 9.29. The Hall–Kier alpha value is -1.57. The zero-order valence-electron chi connectivity index (χ0n) is 22.6. The number of allylic oxidation sites excluding steroid dienone is 3. The van der Waals surface area contributed by atoms with Gasteiger partial charge < -0.3 is 15.3 Å². The van der Waals surface area contributed by atoms with E-state index in [2.05, 4.69) is 34.5 Å². The maximum absolute atomic E-state index is 10.8. The number of tetrazole rings is 1. The molecule has 7 heteroatoms. The summed E-state index contributed by atoms with van der Waals surface area (Å²) in [4.78, 5) is 1.56. The highest BCUT2D eigenvalue weighted by atomic mass is 16.3. The fourth-order valence-corrected chi connectivity index (χ4v) is 7.37. The van der Waals surface area contributed by atoms with Crippen LogP contribution in [-0.2, 0) is 6.54 Å². The van der Waals surface area contributed by atoms with Crippen LogP contribution in [0.25, 0.3) is 0 Å². The van der Waals surface area contributed by atoms with Gasteiger partial charge in [-0.2, -0.15) is 4.80 Å². The van der Waals surface area contributed by atoms with E-state index in [1.54, 1.807) is 10.4 Å². The lowest BCUT2D eigenvalue weighted by Gasteiger charge is -2.35. The average Bonchev–Trinajstić information content (AvgIpc) is 3.48. The molecule has 0 aromatic carbocycles. The van der Waals surface area contributed by atoms with Crippen molar-refractivity contribution in [2.24, 2.45) is 29.6 Å². The van der Waals surface area contributed by atoms with Crippen molar-refractivity contribution in [1.82, 2.24) is 20.2 Å². The van der Waals surface area contributed by atoms with Crippen LogP contribution in [0.5, 0.6) is 0 Å². The fourth-order valence-electron chi connectivity index (χ4n) is 7.37. The molecule has 6 atom stereocenters. The quantitative estimate of drug-likeness (QED) is 0.425. The summed E-state index contributed by atoms with van der Waals surface area (Å²) in [6.45, 7) is 6.92. The molecular formula is C29H48N4O3. The Kier molecular flexibility index (Phi) is 9.40. The summed E-state index contributed by atoms with van der Waals surface area (Å²) in [5.41, 5.74) is 2.21. The Bertz CT molecular complexity index is 862. The summed E-state index contributed by atoms with van der Waals surface area (Å²) >= 11 is 0. The van der Waals surface area contributed by atoms with Gasteiger partial charge in [-0.15, -0.1) is 10.2 Å². The summed E-state index contributed by atoms with van der Waals surface area (Å²) in [6.07, 6.45) is 17.5. The number of fused-ring (bicyclic) bond motifs is 1. The molecule has 36 heavy (non-hydrogen) atoms. The maximum atomic E-state index is 10.8. The Morgan fingerprint density at radius 3 is 2.58 bits per heavy atom. The van der Waals surface area contributed by atoms with Crippen LogP contribution in [-0.4, -0.2) is 53.3 Å². The van der Waals surface area contributed by atoms with Crippen molar-refractivity contribution in [3.63, 3.8) is 0 Å². The first-order valence-electron chi connectivity index (χ1n) is 14.4. The molecular weight excluding hydrogens is 452 g/mol. The molecule has 0 amide bonds. The number of aliphatic hydroxyl groups is 3. The van der Waals surface area contributed by atoms with E-state index in [9.17, 15) is 15.3 Å². The molecule has 3 fully saturated rings. The van der Waals surface area contributed by atoms with Gasteiger partial charge in [0.25, 0.3) is 0 Å². The molecule has 3 saturated carbocycles. The zero-order valence-corrected chi connectivity index (χ0v) is 22.6.